The molecular weight excluding hydrogens is 333 g/mol. The van der Waals surface area contributed by atoms with Crippen LogP contribution in [0.2, 0.25) is 0 Å². The molecule has 0 spiro atoms. The van der Waals surface area contributed by atoms with Gasteiger partial charge < -0.3 is 9.47 Å². The Morgan fingerprint density at radius 1 is 1.41 bits per heavy atom. The summed E-state index contributed by atoms with van der Waals surface area (Å²) in [5, 5.41) is 2.10. The highest BCUT2D eigenvalue weighted by molar-refractivity contribution is 8.36. The maximum absolute atomic E-state index is 5.94. The van der Waals surface area contributed by atoms with Crippen LogP contribution in [0.3, 0.4) is 0 Å². The van der Waals surface area contributed by atoms with Crippen molar-refractivity contribution in [1.82, 2.24) is 4.98 Å². The quantitative estimate of drug-likeness (QED) is 0.694. The third kappa shape index (κ3) is 3.74. The van der Waals surface area contributed by atoms with Gasteiger partial charge in [0.05, 0.1) is 19.8 Å². The van der Waals surface area contributed by atoms with Gasteiger partial charge >= 0.3 is 0 Å². The summed E-state index contributed by atoms with van der Waals surface area (Å²) in [5.74, 6) is 2.20. The van der Waals surface area contributed by atoms with Crippen LogP contribution in [0.1, 0.15) is 12.8 Å². The summed E-state index contributed by atoms with van der Waals surface area (Å²) >= 11 is 0. The standard InChI is InChI=1S/C15H19N2O2P3/c1-18-15-14-3-2-13(8-11(14)4-5-16-15)19-9-10-6-12(7-10)17-21-22-20/h2-5,8,10,12,22H,6-7,9,20H2,1H3. The monoisotopic (exact) mass is 352 g/mol. The van der Waals surface area contributed by atoms with Gasteiger partial charge in [-0.2, -0.15) is 0 Å². The Morgan fingerprint density at radius 2 is 2.27 bits per heavy atom. The first-order valence-electron chi connectivity index (χ1n) is 7.21. The van der Waals surface area contributed by atoms with Crippen molar-refractivity contribution in [3.8, 4) is 11.6 Å². The van der Waals surface area contributed by atoms with E-state index in [0.717, 1.165) is 43.9 Å². The van der Waals surface area contributed by atoms with Gasteiger partial charge in [0.1, 0.15) is 5.75 Å². The van der Waals surface area contributed by atoms with E-state index in [1.807, 2.05) is 24.3 Å². The number of hydrogen-bond donors (Lipinski definition) is 0. The molecule has 1 saturated carbocycles. The molecule has 1 aromatic carbocycles. The molecule has 116 valence electrons. The van der Waals surface area contributed by atoms with Crippen LogP contribution in [0.4, 0.5) is 0 Å². The van der Waals surface area contributed by atoms with Crippen LogP contribution < -0.4 is 9.47 Å². The van der Waals surface area contributed by atoms with Gasteiger partial charge in [0.2, 0.25) is 5.88 Å². The van der Waals surface area contributed by atoms with Crippen molar-refractivity contribution in [3.63, 3.8) is 0 Å². The number of methoxy groups -OCH3 is 1. The topological polar surface area (TPSA) is 43.7 Å². The highest BCUT2D eigenvalue weighted by atomic mass is 32.4. The lowest BCUT2D eigenvalue weighted by Gasteiger charge is -2.31. The number of pyridine rings is 1. The Balaban J connectivity index is 1.58. The van der Waals surface area contributed by atoms with Crippen molar-refractivity contribution in [2.24, 2.45) is 10.7 Å². The van der Waals surface area contributed by atoms with Gasteiger partial charge in [0, 0.05) is 19.6 Å². The Hall–Kier alpha value is -0.810. The van der Waals surface area contributed by atoms with Crippen LogP contribution in [0.25, 0.3) is 10.8 Å². The fourth-order valence-electron chi connectivity index (χ4n) is 2.64. The van der Waals surface area contributed by atoms with Crippen molar-refractivity contribution in [3.05, 3.63) is 30.5 Å². The average molecular weight is 352 g/mol. The molecule has 0 N–H and O–H groups in total. The first-order chi connectivity index (χ1) is 10.8. The third-order valence-electron chi connectivity index (χ3n) is 3.87. The van der Waals surface area contributed by atoms with Crippen molar-refractivity contribution in [2.45, 2.75) is 18.9 Å². The summed E-state index contributed by atoms with van der Waals surface area (Å²) in [6, 6.07) is 8.57. The lowest BCUT2D eigenvalue weighted by Crippen LogP contribution is -2.31. The minimum atomic E-state index is 0.551. The van der Waals surface area contributed by atoms with Gasteiger partial charge in [-0.1, -0.05) is 0 Å². The van der Waals surface area contributed by atoms with Gasteiger partial charge in [-0.3, -0.25) is 4.74 Å². The van der Waals surface area contributed by atoms with E-state index in [1.165, 1.54) is 8.06 Å². The number of aromatic nitrogens is 1. The summed E-state index contributed by atoms with van der Waals surface area (Å²) in [6.07, 6.45) is 4.08. The molecule has 1 aliphatic rings. The molecule has 3 rings (SSSR count). The Labute approximate surface area is 136 Å². The lowest BCUT2D eigenvalue weighted by molar-refractivity contribution is 0.162. The number of rotatable bonds is 6. The Kier molecular flexibility index (Phi) is 5.58. The maximum atomic E-state index is 5.94. The van der Waals surface area contributed by atoms with E-state index in [-0.39, 0.29) is 0 Å². The van der Waals surface area contributed by atoms with E-state index in [0.29, 0.717) is 17.8 Å². The van der Waals surface area contributed by atoms with Gasteiger partial charge in [0.15, 0.2) is 0 Å². The van der Waals surface area contributed by atoms with Crippen LogP contribution in [-0.4, -0.2) is 24.7 Å². The second-order valence-corrected chi connectivity index (χ2v) is 9.74. The predicted molar refractivity (Wildman–Crippen MR) is 97.7 cm³/mol. The summed E-state index contributed by atoms with van der Waals surface area (Å²) in [4.78, 5) is 4.21. The van der Waals surface area contributed by atoms with Gasteiger partial charge in [-0.05, 0) is 56.4 Å². The Morgan fingerprint density at radius 3 is 3.05 bits per heavy atom. The average Bonchev–Trinajstić information content (AvgIpc) is 2.52. The van der Waals surface area contributed by atoms with Crippen LogP contribution in [0, 0.1) is 5.92 Å². The van der Waals surface area contributed by atoms with Gasteiger partial charge in [-0.15, -0.1) is 8.93 Å². The summed E-state index contributed by atoms with van der Waals surface area (Å²) in [7, 11) is 6.42. The van der Waals surface area contributed by atoms with Gasteiger partial charge in [0.25, 0.3) is 0 Å². The van der Waals surface area contributed by atoms with Crippen molar-refractivity contribution in [1.29, 1.82) is 0 Å². The van der Waals surface area contributed by atoms with Crippen LogP contribution in [-0.2, 0) is 0 Å². The molecule has 1 heterocycles. The van der Waals surface area contributed by atoms with Crippen LogP contribution >= 0.6 is 24.9 Å². The number of benzene rings is 1. The predicted octanol–water partition coefficient (Wildman–Crippen LogP) is 4.91. The van der Waals surface area contributed by atoms with Crippen molar-refractivity contribution in [2.75, 3.05) is 13.7 Å². The molecule has 2 atom stereocenters. The maximum Gasteiger partial charge on any atom is 0.221 e. The molecule has 2 aromatic rings. The number of nitrogens with zero attached hydrogens (tertiary/aromatic N) is 2. The van der Waals surface area contributed by atoms with E-state index in [9.17, 15) is 0 Å². The highest BCUT2D eigenvalue weighted by Gasteiger charge is 2.29. The molecule has 1 aliphatic carbocycles. The molecule has 0 bridgehead atoms. The Bertz CT molecular complexity index is 675. The smallest absolute Gasteiger partial charge is 0.221 e. The van der Waals surface area contributed by atoms with E-state index < -0.39 is 0 Å². The van der Waals surface area contributed by atoms with Crippen molar-refractivity contribution < 1.29 is 9.47 Å². The number of hydrogen-bond acceptors (Lipinski definition) is 4. The van der Waals surface area contributed by atoms with E-state index in [2.05, 4.69) is 18.7 Å². The largest absolute Gasteiger partial charge is 0.493 e. The first-order valence-corrected chi connectivity index (χ1v) is 11.7. The molecule has 4 nitrogen and oxygen atoms in total. The van der Waals surface area contributed by atoms with Crippen LogP contribution in [0.15, 0.2) is 35.2 Å². The molecule has 0 radical (unpaired) electrons. The zero-order chi connectivity index (χ0) is 15.4. The molecular formula is C15H19N2O2P3. The molecule has 0 saturated heterocycles. The minimum absolute atomic E-state index is 0.551. The molecule has 0 aliphatic heterocycles. The second kappa shape index (κ2) is 7.64. The van der Waals surface area contributed by atoms with E-state index >= 15 is 0 Å². The summed E-state index contributed by atoms with van der Waals surface area (Å²) in [6.45, 7) is 0.778. The van der Waals surface area contributed by atoms with Crippen molar-refractivity contribution >= 4 is 35.7 Å². The minimum Gasteiger partial charge on any atom is -0.493 e. The normalized spacial score (nSPS) is 21.5. The molecule has 1 aromatic heterocycles. The second-order valence-electron chi connectivity index (χ2n) is 5.35. The van der Waals surface area contributed by atoms with E-state index in [4.69, 9.17) is 9.47 Å². The molecule has 22 heavy (non-hydrogen) atoms. The highest BCUT2D eigenvalue weighted by Crippen LogP contribution is 2.41. The number of ether oxygens (including phenoxy) is 2. The van der Waals surface area contributed by atoms with E-state index in [1.54, 1.807) is 13.3 Å². The zero-order valence-corrected chi connectivity index (χ0v) is 15.4. The fourth-order valence-corrected chi connectivity index (χ4v) is 4.35. The molecule has 0 amide bonds. The fraction of sp³-hybridized carbons (Fsp3) is 0.400. The summed E-state index contributed by atoms with van der Waals surface area (Å²) < 4.78 is 15.8. The number of fused-ring (bicyclic) bond motifs is 1. The lowest BCUT2D eigenvalue weighted by atomic mass is 9.81. The van der Waals surface area contributed by atoms with Gasteiger partial charge in [-0.25, -0.2) is 4.98 Å². The zero-order valence-electron chi connectivity index (χ0n) is 12.4. The molecule has 7 heteroatoms. The molecule has 2 unspecified atom stereocenters. The van der Waals surface area contributed by atoms with Crippen LogP contribution in [0.5, 0.6) is 11.6 Å². The summed E-state index contributed by atoms with van der Waals surface area (Å²) in [5.41, 5.74) is 0. The SMILES string of the molecule is COc1nccc2cc(OCC3CC(/N=P/PP)C3)ccc12. The third-order valence-corrected chi connectivity index (χ3v) is 6.16. The molecule has 1 fully saturated rings. The first kappa shape index (κ1) is 16.1.